The third kappa shape index (κ3) is 3.95. The lowest BCUT2D eigenvalue weighted by Gasteiger charge is -2.02. The average Bonchev–Trinajstić information content (AvgIpc) is 1.82. The SMILES string of the molecule is C=N/C(=C/C)CC(C)C. The van der Waals surface area contributed by atoms with Gasteiger partial charge in [-0.15, -0.1) is 0 Å². The van der Waals surface area contributed by atoms with E-state index >= 15 is 0 Å². The van der Waals surface area contributed by atoms with Gasteiger partial charge in [-0.2, -0.15) is 0 Å². The Kier molecular flexibility index (Phi) is 4.02. The van der Waals surface area contributed by atoms with Crippen molar-refractivity contribution >= 4 is 6.72 Å². The van der Waals surface area contributed by atoms with Gasteiger partial charge in [-0.05, 0) is 26.0 Å². The summed E-state index contributed by atoms with van der Waals surface area (Å²) in [5.41, 5.74) is 1.10. The van der Waals surface area contributed by atoms with E-state index in [0.717, 1.165) is 12.1 Å². The van der Waals surface area contributed by atoms with Crippen LogP contribution in [0.15, 0.2) is 16.8 Å². The van der Waals surface area contributed by atoms with Crippen molar-refractivity contribution in [3.63, 3.8) is 0 Å². The lowest BCUT2D eigenvalue weighted by atomic mass is 10.1. The van der Waals surface area contributed by atoms with Crippen LogP contribution in [0.5, 0.6) is 0 Å². The predicted molar refractivity (Wildman–Crippen MR) is 42.8 cm³/mol. The van der Waals surface area contributed by atoms with Crippen molar-refractivity contribution in [3.8, 4) is 0 Å². The van der Waals surface area contributed by atoms with Gasteiger partial charge in [0, 0.05) is 5.70 Å². The van der Waals surface area contributed by atoms with E-state index in [1.165, 1.54) is 0 Å². The zero-order valence-corrected chi connectivity index (χ0v) is 6.52. The van der Waals surface area contributed by atoms with Gasteiger partial charge in [-0.3, -0.25) is 4.99 Å². The van der Waals surface area contributed by atoms with Crippen molar-refractivity contribution in [2.24, 2.45) is 10.9 Å². The molecule has 0 aromatic heterocycles. The molecule has 1 nitrogen and oxygen atoms in total. The van der Waals surface area contributed by atoms with Crippen LogP contribution in [-0.4, -0.2) is 6.72 Å². The standard InChI is InChI=1S/C8H15N/c1-5-8(9-4)6-7(2)3/h5,7H,4,6H2,1-3H3/b8-5+. The van der Waals surface area contributed by atoms with E-state index in [0.29, 0.717) is 5.92 Å². The van der Waals surface area contributed by atoms with E-state index in [1.807, 2.05) is 13.0 Å². The lowest BCUT2D eigenvalue weighted by Crippen LogP contribution is -1.87. The van der Waals surface area contributed by atoms with Gasteiger partial charge < -0.3 is 0 Å². The third-order valence-corrected chi connectivity index (χ3v) is 1.15. The second-order valence-electron chi connectivity index (χ2n) is 2.54. The molecule has 0 heterocycles. The Hall–Kier alpha value is -0.590. The van der Waals surface area contributed by atoms with Crippen LogP contribution in [0, 0.1) is 5.92 Å². The first kappa shape index (κ1) is 8.41. The molecule has 0 atom stereocenters. The minimum Gasteiger partial charge on any atom is -0.269 e. The van der Waals surface area contributed by atoms with Crippen molar-refractivity contribution in [1.82, 2.24) is 0 Å². The Morgan fingerprint density at radius 2 is 2.22 bits per heavy atom. The molecule has 0 amide bonds. The highest BCUT2D eigenvalue weighted by Gasteiger charge is 1.95. The maximum atomic E-state index is 3.86. The molecule has 0 saturated heterocycles. The van der Waals surface area contributed by atoms with Crippen molar-refractivity contribution in [3.05, 3.63) is 11.8 Å². The predicted octanol–water partition coefficient (Wildman–Crippen LogP) is 2.64. The summed E-state index contributed by atoms with van der Waals surface area (Å²) in [7, 11) is 0. The number of nitrogens with zero attached hydrogens (tertiary/aromatic N) is 1. The van der Waals surface area contributed by atoms with Crippen LogP contribution in [0.25, 0.3) is 0 Å². The van der Waals surface area contributed by atoms with Gasteiger partial charge in [0.1, 0.15) is 0 Å². The van der Waals surface area contributed by atoms with Crippen LogP contribution < -0.4 is 0 Å². The Labute approximate surface area is 57.5 Å². The molecular weight excluding hydrogens is 110 g/mol. The number of hydrogen-bond donors (Lipinski definition) is 0. The summed E-state index contributed by atoms with van der Waals surface area (Å²) in [5, 5.41) is 0. The van der Waals surface area contributed by atoms with Gasteiger partial charge in [-0.25, -0.2) is 0 Å². The molecular formula is C8H15N. The van der Waals surface area contributed by atoms with Crippen molar-refractivity contribution < 1.29 is 0 Å². The van der Waals surface area contributed by atoms with E-state index < -0.39 is 0 Å². The first-order valence-electron chi connectivity index (χ1n) is 3.32. The highest BCUT2D eigenvalue weighted by molar-refractivity contribution is 5.28. The van der Waals surface area contributed by atoms with Crippen molar-refractivity contribution in [2.75, 3.05) is 0 Å². The van der Waals surface area contributed by atoms with Crippen LogP contribution in [0.4, 0.5) is 0 Å². The molecule has 0 bridgehead atoms. The Bertz CT molecular complexity index is 112. The summed E-state index contributed by atoms with van der Waals surface area (Å²) in [5.74, 6) is 0.682. The average molecular weight is 125 g/mol. The smallest absolute Gasteiger partial charge is 0.0356 e. The van der Waals surface area contributed by atoms with Crippen LogP contribution in [-0.2, 0) is 0 Å². The number of aliphatic imine (C=N–C) groups is 1. The second kappa shape index (κ2) is 4.30. The fraction of sp³-hybridized carbons (Fsp3) is 0.625. The fourth-order valence-electron chi connectivity index (χ4n) is 0.692. The molecule has 0 rings (SSSR count). The zero-order chi connectivity index (χ0) is 7.28. The van der Waals surface area contributed by atoms with Gasteiger partial charge in [0.2, 0.25) is 0 Å². The van der Waals surface area contributed by atoms with Crippen LogP contribution in [0.3, 0.4) is 0 Å². The van der Waals surface area contributed by atoms with E-state index in [9.17, 15) is 0 Å². The molecule has 0 unspecified atom stereocenters. The number of hydrogen-bond acceptors (Lipinski definition) is 1. The molecule has 0 N–H and O–H groups in total. The van der Waals surface area contributed by atoms with Crippen LogP contribution >= 0.6 is 0 Å². The summed E-state index contributed by atoms with van der Waals surface area (Å²) in [6, 6.07) is 0. The summed E-state index contributed by atoms with van der Waals surface area (Å²) in [6.45, 7) is 9.81. The molecule has 0 spiro atoms. The molecule has 0 aliphatic rings. The number of rotatable bonds is 3. The molecule has 0 radical (unpaired) electrons. The van der Waals surface area contributed by atoms with E-state index in [1.54, 1.807) is 0 Å². The lowest BCUT2D eigenvalue weighted by molar-refractivity contribution is 0.638. The number of allylic oxidation sites excluding steroid dienone is 2. The minimum absolute atomic E-state index is 0.682. The Morgan fingerprint density at radius 1 is 1.67 bits per heavy atom. The quantitative estimate of drug-likeness (QED) is 0.514. The highest BCUT2D eigenvalue weighted by atomic mass is 14.7. The summed E-state index contributed by atoms with van der Waals surface area (Å²) >= 11 is 0. The van der Waals surface area contributed by atoms with Gasteiger partial charge in [0.15, 0.2) is 0 Å². The third-order valence-electron chi connectivity index (χ3n) is 1.15. The van der Waals surface area contributed by atoms with Gasteiger partial charge in [-0.1, -0.05) is 19.9 Å². The molecule has 0 aliphatic heterocycles. The molecule has 0 saturated carbocycles. The van der Waals surface area contributed by atoms with Crippen LogP contribution in [0.1, 0.15) is 27.2 Å². The Morgan fingerprint density at radius 3 is 2.33 bits per heavy atom. The molecule has 52 valence electrons. The first-order valence-corrected chi connectivity index (χ1v) is 3.32. The molecule has 0 aromatic carbocycles. The topological polar surface area (TPSA) is 12.4 Å². The van der Waals surface area contributed by atoms with Gasteiger partial charge in [0.25, 0.3) is 0 Å². The second-order valence-corrected chi connectivity index (χ2v) is 2.54. The first-order chi connectivity index (χ1) is 4.20. The summed E-state index contributed by atoms with van der Waals surface area (Å²) in [6.07, 6.45) is 3.05. The van der Waals surface area contributed by atoms with Crippen molar-refractivity contribution in [2.45, 2.75) is 27.2 Å². The Balaban J connectivity index is 3.71. The molecule has 0 aliphatic carbocycles. The van der Waals surface area contributed by atoms with E-state index in [4.69, 9.17) is 0 Å². The summed E-state index contributed by atoms with van der Waals surface area (Å²) in [4.78, 5) is 3.86. The van der Waals surface area contributed by atoms with E-state index in [2.05, 4.69) is 25.6 Å². The molecule has 9 heavy (non-hydrogen) atoms. The van der Waals surface area contributed by atoms with Gasteiger partial charge in [0.05, 0.1) is 0 Å². The van der Waals surface area contributed by atoms with Gasteiger partial charge >= 0.3 is 0 Å². The van der Waals surface area contributed by atoms with E-state index in [-0.39, 0.29) is 0 Å². The fourth-order valence-corrected chi connectivity index (χ4v) is 0.692. The monoisotopic (exact) mass is 125 g/mol. The zero-order valence-electron chi connectivity index (χ0n) is 6.52. The minimum atomic E-state index is 0.682. The largest absolute Gasteiger partial charge is 0.269 e. The molecule has 0 fully saturated rings. The van der Waals surface area contributed by atoms with Crippen LogP contribution in [0.2, 0.25) is 0 Å². The normalized spacial score (nSPS) is 12.2. The summed E-state index contributed by atoms with van der Waals surface area (Å²) < 4.78 is 0. The van der Waals surface area contributed by atoms with Crippen molar-refractivity contribution in [1.29, 1.82) is 0 Å². The highest BCUT2D eigenvalue weighted by Crippen LogP contribution is 2.09. The maximum Gasteiger partial charge on any atom is 0.0356 e. The maximum absolute atomic E-state index is 3.86. The molecule has 0 aromatic rings. The molecule has 1 heteroatoms.